The third-order valence-corrected chi connectivity index (χ3v) is 3.88. The van der Waals surface area contributed by atoms with Crippen LogP contribution in [0, 0.1) is 0 Å². The van der Waals surface area contributed by atoms with Gasteiger partial charge in [0.25, 0.3) is 0 Å². The maximum absolute atomic E-state index is 11.4. The highest BCUT2D eigenvalue weighted by atomic mass is 32.2. The largest absolute Gasteiger partial charge is 0.368 e. The quantitative estimate of drug-likeness (QED) is 0.790. The summed E-state index contributed by atoms with van der Waals surface area (Å²) < 4.78 is 4.45. The monoisotopic (exact) mass is 223 g/mol. The van der Waals surface area contributed by atoms with Gasteiger partial charge in [-0.25, -0.2) is 0 Å². The number of rotatable bonds is 4. The molecule has 0 spiro atoms. The fraction of sp³-hybridized carbons (Fsp3) is 0.364. The summed E-state index contributed by atoms with van der Waals surface area (Å²) in [7, 11) is 1.57. The molecule has 1 fully saturated rings. The van der Waals surface area contributed by atoms with Gasteiger partial charge in [-0.05, 0) is 12.0 Å². The fourth-order valence-electron chi connectivity index (χ4n) is 1.87. The van der Waals surface area contributed by atoms with Crippen LogP contribution in [-0.4, -0.2) is 17.8 Å². The summed E-state index contributed by atoms with van der Waals surface area (Å²) in [6.07, 6.45) is 0.769. The lowest BCUT2D eigenvalue weighted by Crippen LogP contribution is -2.29. The molecule has 1 aliphatic carbocycles. The Balaban J connectivity index is 2.19. The number of carbonyl (C=O) groups excluding carboxylic acids is 1. The number of hydrogen-bond donors (Lipinski definition) is 1. The summed E-state index contributed by atoms with van der Waals surface area (Å²) in [6.45, 7) is 0. The predicted molar refractivity (Wildman–Crippen MR) is 60.3 cm³/mol. The number of primary amides is 1. The van der Waals surface area contributed by atoms with Crippen LogP contribution in [0.3, 0.4) is 0 Å². The lowest BCUT2D eigenvalue weighted by Gasteiger charge is -2.10. The van der Waals surface area contributed by atoms with Gasteiger partial charge in [0, 0.05) is 18.0 Å². The molecule has 0 radical (unpaired) electrons. The van der Waals surface area contributed by atoms with Crippen LogP contribution >= 0.6 is 12.0 Å². The van der Waals surface area contributed by atoms with Gasteiger partial charge in [-0.2, -0.15) is 0 Å². The summed E-state index contributed by atoms with van der Waals surface area (Å²) in [6, 6.07) is 9.94. The van der Waals surface area contributed by atoms with Crippen molar-refractivity contribution in [3.8, 4) is 0 Å². The molecule has 1 aliphatic rings. The fourth-order valence-corrected chi connectivity index (χ4v) is 2.74. The second-order valence-corrected chi connectivity index (χ2v) is 4.90. The minimum atomic E-state index is -0.546. The molecule has 2 rings (SSSR count). The maximum Gasteiger partial charge on any atom is 0.236 e. The van der Waals surface area contributed by atoms with Crippen molar-refractivity contribution in [2.75, 3.05) is 7.11 Å². The second kappa shape index (κ2) is 3.87. The Hall–Kier alpha value is -1.00. The van der Waals surface area contributed by atoms with Crippen LogP contribution in [0.5, 0.6) is 0 Å². The molecule has 1 amide bonds. The second-order valence-electron chi connectivity index (χ2n) is 3.67. The number of hydrogen-bond acceptors (Lipinski definition) is 3. The van der Waals surface area contributed by atoms with Crippen LogP contribution < -0.4 is 5.73 Å². The van der Waals surface area contributed by atoms with Crippen LogP contribution in [0.15, 0.2) is 30.3 Å². The minimum Gasteiger partial charge on any atom is -0.368 e. The van der Waals surface area contributed by atoms with Crippen LogP contribution in [0.4, 0.5) is 0 Å². The Morgan fingerprint density at radius 1 is 1.53 bits per heavy atom. The van der Waals surface area contributed by atoms with Crippen molar-refractivity contribution in [2.45, 2.75) is 17.1 Å². The Morgan fingerprint density at radius 3 is 2.73 bits per heavy atom. The van der Waals surface area contributed by atoms with E-state index < -0.39 is 4.75 Å². The van der Waals surface area contributed by atoms with Gasteiger partial charge in [0.2, 0.25) is 5.91 Å². The number of carbonyl (C=O) groups is 1. The van der Waals surface area contributed by atoms with Crippen molar-refractivity contribution < 1.29 is 8.98 Å². The van der Waals surface area contributed by atoms with Crippen LogP contribution in [0.25, 0.3) is 0 Å². The molecule has 1 saturated carbocycles. The van der Waals surface area contributed by atoms with Crippen molar-refractivity contribution in [3.63, 3.8) is 0 Å². The highest BCUT2D eigenvalue weighted by Gasteiger charge is 2.61. The zero-order chi connectivity index (χ0) is 10.9. The normalized spacial score (nSPS) is 28.7. The van der Waals surface area contributed by atoms with Crippen molar-refractivity contribution in [3.05, 3.63) is 35.9 Å². The lowest BCUT2D eigenvalue weighted by molar-refractivity contribution is -0.118. The Bertz CT molecular complexity index is 368. The van der Waals surface area contributed by atoms with Crippen molar-refractivity contribution in [1.82, 2.24) is 0 Å². The van der Waals surface area contributed by atoms with E-state index in [4.69, 9.17) is 9.92 Å². The molecule has 15 heavy (non-hydrogen) atoms. The van der Waals surface area contributed by atoms with E-state index in [1.807, 2.05) is 30.3 Å². The average molecular weight is 223 g/mol. The average Bonchev–Trinajstić information content (AvgIpc) is 2.96. The molecule has 0 aromatic heterocycles. The molecule has 0 bridgehead atoms. The summed E-state index contributed by atoms with van der Waals surface area (Å²) in [5, 5.41) is 0. The van der Waals surface area contributed by atoms with Gasteiger partial charge < -0.3 is 9.92 Å². The number of benzene rings is 1. The SMILES string of the molecule is COSC1(C(N)=O)CC1c1ccccc1. The minimum absolute atomic E-state index is 0.196. The van der Waals surface area contributed by atoms with Gasteiger partial charge in [-0.15, -0.1) is 0 Å². The predicted octanol–water partition coefficient (Wildman–Crippen LogP) is 1.69. The molecule has 0 heterocycles. The summed E-state index contributed by atoms with van der Waals surface area (Å²) >= 11 is 1.18. The van der Waals surface area contributed by atoms with Gasteiger partial charge in [0.15, 0.2) is 0 Å². The molecular formula is C11H13NO2S. The van der Waals surface area contributed by atoms with E-state index >= 15 is 0 Å². The summed E-state index contributed by atoms with van der Waals surface area (Å²) in [5.41, 5.74) is 6.56. The Labute approximate surface area is 93.2 Å². The standard InChI is InChI=1S/C11H13NO2S/c1-14-15-11(10(12)13)7-9(11)8-5-3-2-4-6-8/h2-6,9H,7H2,1H3,(H2,12,13). The topological polar surface area (TPSA) is 52.3 Å². The van der Waals surface area contributed by atoms with E-state index in [-0.39, 0.29) is 11.8 Å². The molecule has 2 unspecified atom stereocenters. The van der Waals surface area contributed by atoms with Crippen molar-refractivity contribution in [2.24, 2.45) is 5.73 Å². The van der Waals surface area contributed by atoms with Crippen LogP contribution in [-0.2, 0) is 8.98 Å². The smallest absolute Gasteiger partial charge is 0.236 e. The third kappa shape index (κ3) is 1.75. The Morgan fingerprint density at radius 2 is 2.20 bits per heavy atom. The van der Waals surface area contributed by atoms with E-state index in [9.17, 15) is 4.79 Å². The van der Waals surface area contributed by atoms with E-state index in [2.05, 4.69) is 0 Å². The van der Waals surface area contributed by atoms with E-state index in [0.29, 0.717) is 0 Å². The third-order valence-electron chi connectivity index (χ3n) is 2.76. The number of nitrogens with two attached hydrogens (primary N) is 1. The lowest BCUT2D eigenvalue weighted by atomic mass is 10.1. The highest BCUT2D eigenvalue weighted by molar-refractivity contribution is 7.97. The molecule has 80 valence electrons. The molecule has 2 atom stereocenters. The summed E-state index contributed by atoms with van der Waals surface area (Å²) in [5.74, 6) is -0.0932. The molecule has 1 aromatic carbocycles. The first-order valence-electron chi connectivity index (χ1n) is 4.77. The molecule has 2 N–H and O–H groups in total. The molecule has 3 nitrogen and oxygen atoms in total. The summed E-state index contributed by atoms with van der Waals surface area (Å²) in [4.78, 5) is 11.4. The van der Waals surface area contributed by atoms with Gasteiger partial charge >= 0.3 is 0 Å². The van der Waals surface area contributed by atoms with E-state index in [1.165, 1.54) is 12.0 Å². The Kier molecular flexibility index (Phi) is 2.71. The van der Waals surface area contributed by atoms with Gasteiger partial charge in [-0.1, -0.05) is 30.3 Å². The molecule has 0 aliphatic heterocycles. The highest BCUT2D eigenvalue weighted by Crippen LogP contribution is 2.60. The van der Waals surface area contributed by atoms with Gasteiger partial charge in [0.05, 0.1) is 7.11 Å². The first kappa shape index (κ1) is 10.5. The first-order valence-corrected chi connectivity index (χ1v) is 5.51. The molecule has 0 saturated heterocycles. The zero-order valence-corrected chi connectivity index (χ0v) is 9.29. The number of amides is 1. The molecule has 1 aromatic rings. The van der Waals surface area contributed by atoms with Crippen LogP contribution in [0.2, 0.25) is 0 Å². The van der Waals surface area contributed by atoms with E-state index in [0.717, 1.165) is 12.0 Å². The molecule has 4 heteroatoms. The maximum atomic E-state index is 11.4. The van der Waals surface area contributed by atoms with Gasteiger partial charge in [-0.3, -0.25) is 4.79 Å². The van der Waals surface area contributed by atoms with Crippen LogP contribution in [0.1, 0.15) is 17.9 Å². The zero-order valence-electron chi connectivity index (χ0n) is 8.47. The van der Waals surface area contributed by atoms with Crippen molar-refractivity contribution >= 4 is 17.9 Å². The first-order chi connectivity index (χ1) is 7.20. The van der Waals surface area contributed by atoms with E-state index in [1.54, 1.807) is 7.11 Å². The van der Waals surface area contributed by atoms with Crippen molar-refractivity contribution in [1.29, 1.82) is 0 Å². The van der Waals surface area contributed by atoms with Gasteiger partial charge in [0.1, 0.15) is 4.75 Å². The molecular weight excluding hydrogens is 210 g/mol.